The first-order valence-electron chi connectivity index (χ1n) is 9.63. The number of aromatic nitrogens is 2. The third-order valence-corrected chi connectivity index (χ3v) is 5.22. The molecule has 0 aliphatic carbocycles. The number of benzene rings is 1. The summed E-state index contributed by atoms with van der Waals surface area (Å²) in [6.45, 7) is 6.77. The molecule has 1 saturated heterocycles. The fraction of sp³-hybridized carbons (Fsp3) is 0.450. The van der Waals surface area contributed by atoms with Gasteiger partial charge in [0.1, 0.15) is 5.82 Å². The highest BCUT2D eigenvalue weighted by Gasteiger charge is 2.33. The van der Waals surface area contributed by atoms with Crippen LogP contribution in [-0.4, -0.2) is 63.5 Å². The number of rotatable bonds is 5. The number of nitrogens with zero attached hydrogens (tertiary/aromatic N) is 5. The Hall–Kier alpha value is -2.74. The smallest absolute Gasteiger partial charge is 0.266 e. The van der Waals surface area contributed by atoms with Crippen molar-refractivity contribution >= 4 is 11.6 Å². The first-order valence-corrected chi connectivity index (χ1v) is 9.63. The van der Waals surface area contributed by atoms with Crippen molar-refractivity contribution in [2.45, 2.75) is 32.5 Å². The summed E-state index contributed by atoms with van der Waals surface area (Å²) in [7, 11) is 0. The molecule has 1 unspecified atom stereocenters. The van der Waals surface area contributed by atoms with Crippen molar-refractivity contribution in [1.82, 2.24) is 19.6 Å². The summed E-state index contributed by atoms with van der Waals surface area (Å²) in [5.41, 5.74) is 2.66. The van der Waals surface area contributed by atoms with Gasteiger partial charge in [-0.25, -0.2) is 4.39 Å². The Kier molecular flexibility index (Phi) is 5.38. The van der Waals surface area contributed by atoms with Gasteiger partial charge < -0.3 is 9.74 Å². The predicted octanol–water partition coefficient (Wildman–Crippen LogP) is 1.88. The molecule has 7 nitrogen and oxygen atoms in total. The van der Waals surface area contributed by atoms with Crippen LogP contribution in [0.15, 0.2) is 41.8 Å². The molecular weight excluding hydrogens is 361 g/mol. The second kappa shape index (κ2) is 8.10. The molecule has 0 spiro atoms. The molecule has 2 aromatic rings. The van der Waals surface area contributed by atoms with Gasteiger partial charge in [0, 0.05) is 57.4 Å². The molecule has 2 aliphatic heterocycles. The van der Waals surface area contributed by atoms with Crippen LogP contribution in [0.4, 0.5) is 4.39 Å². The summed E-state index contributed by atoms with van der Waals surface area (Å²) in [6.07, 6.45) is 3.80. The average molecular weight is 385 g/mol. The maximum atomic E-state index is 13.1. The van der Waals surface area contributed by atoms with E-state index in [1.165, 1.54) is 17.7 Å². The minimum Gasteiger partial charge on any atom is -0.382 e. The van der Waals surface area contributed by atoms with Gasteiger partial charge in [0.05, 0.1) is 11.9 Å². The first kappa shape index (κ1) is 18.6. The zero-order chi connectivity index (χ0) is 19.5. The minimum atomic E-state index is -0.589. The number of oxime groups is 1. The monoisotopic (exact) mass is 385 g/mol. The van der Waals surface area contributed by atoms with E-state index < -0.39 is 6.10 Å². The van der Waals surface area contributed by atoms with Crippen LogP contribution in [0.5, 0.6) is 0 Å². The van der Waals surface area contributed by atoms with E-state index in [0.29, 0.717) is 25.2 Å². The third-order valence-electron chi connectivity index (χ3n) is 5.22. The maximum Gasteiger partial charge on any atom is 0.266 e. The molecule has 1 amide bonds. The molecule has 2 aliphatic rings. The van der Waals surface area contributed by atoms with Crippen LogP contribution in [0.3, 0.4) is 0 Å². The number of hydrogen-bond donors (Lipinski definition) is 0. The molecule has 8 heteroatoms. The Morgan fingerprint density at radius 2 is 1.96 bits per heavy atom. The Labute approximate surface area is 163 Å². The Bertz CT molecular complexity index is 856. The summed E-state index contributed by atoms with van der Waals surface area (Å²) in [5.74, 6) is -0.324. The molecule has 0 bridgehead atoms. The van der Waals surface area contributed by atoms with Gasteiger partial charge >= 0.3 is 0 Å². The number of piperazine rings is 1. The van der Waals surface area contributed by atoms with Crippen molar-refractivity contribution in [2.75, 3.05) is 26.2 Å². The molecule has 1 aromatic carbocycles. The van der Waals surface area contributed by atoms with Crippen LogP contribution in [0.1, 0.15) is 24.5 Å². The summed E-state index contributed by atoms with van der Waals surface area (Å²) in [4.78, 5) is 22.3. The highest BCUT2D eigenvalue weighted by atomic mass is 19.1. The summed E-state index contributed by atoms with van der Waals surface area (Å²) < 4.78 is 15.0. The molecule has 148 valence electrons. The van der Waals surface area contributed by atoms with E-state index in [4.69, 9.17) is 4.84 Å². The molecule has 4 rings (SSSR count). The molecule has 0 N–H and O–H groups in total. The lowest BCUT2D eigenvalue weighted by atomic mass is 10.0. The molecule has 1 atom stereocenters. The van der Waals surface area contributed by atoms with Gasteiger partial charge in [0.2, 0.25) is 6.10 Å². The Balaban J connectivity index is 1.27. The second-order valence-electron chi connectivity index (χ2n) is 7.15. The van der Waals surface area contributed by atoms with E-state index in [1.807, 2.05) is 15.8 Å². The Morgan fingerprint density at radius 1 is 1.21 bits per heavy atom. The van der Waals surface area contributed by atoms with Gasteiger partial charge in [0.15, 0.2) is 0 Å². The van der Waals surface area contributed by atoms with Gasteiger partial charge in [-0.1, -0.05) is 17.3 Å². The minimum absolute atomic E-state index is 0.0284. The lowest BCUT2D eigenvalue weighted by Gasteiger charge is -2.35. The number of halogens is 1. The maximum absolute atomic E-state index is 13.1. The summed E-state index contributed by atoms with van der Waals surface area (Å²) >= 11 is 0. The van der Waals surface area contributed by atoms with Crippen molar-refractivity contribution in [3.8, 4) is 0 Å². The van der Waals surface area contributed by atoms with E-state index in [9.17, 15) is 9.18 Å². The number of amides is 1. The average Bonchev–Trinajstić information content (AvgIpc) is 3.38. The molecule has 0 saturated carbocycles. The molecule has 1 aromatic heterocycles. The zero-order valence-corrected chi connectivity index (χ0v) is 15.9. The summed E-state index contributed by atoms with van der Waals surface area (Å²) in [5, 5.41) is 8.35. The molecular formula is C20H24FN5O2. The van der Waals surface area contributed by atoms with Crippen molar-refractivity contribution in [2.24, 2.45) is 5.16 Å². The van der Waals surface area contributed by atoms with Gasteiger partial charge in [-0.3, -0.25) is 14.4 Å². The third kappa shape index (κ3) is 4.06. The van der Waals surface area contributed by atoms with Gasteiger partial charge in [0.25, 0.3) is 5.91 Å². The van der Waals surface area contributed by atoms with Crippen molar-refractivity contribution in [1.29, 1.82) is 0 Å². The predicted molar refractivity (Wildman–Crippen MR) is 102 cm³/mol. The van der Waals surface area contributed by atoms with Crippen LogP contribution in [0.2, 0.25) is 0 Å². The molecule has 3 heterocycles. The fourth-order valence-corrected chi connectivity index (χ4v) is 3.57. The normalized spacial score (nSPS) is 20.1. The van der Waals surface area contributed by atoms with E-state index in [1.54, 1.807) is 12.1 Å². The van der Waals surface area contributed by atoms with E-state index in [0.717, 1.165) is 31.7 Å². The van der Waals surface area contributed by atoms with E-state index in [-0.39, 0.29) is 11.7 Å². The van der Waals surface area contributed by atoms with Crippen molar-refractivity contribution in [3.05, 3.63) is 53.6 Å². The number of carbonyl (C=O) groups excluding carboxylic acids is 1. The largest absolute Gasteiger partial charge is 0.382 e. The first-order chi connectivity index (χ1) is 13.6. The number of aryl methyl sites for hydroxylation is 1. The van der Waals surface area contributed by atoms with Gasteiger partial charge in [-0.2, -0.15) is 5.10 Å². The van der Waals surface area contributed by atoms with Crippen LogP contribution < -0.4 is 0 Å². The van der Waals surface area contributed by atoms with Crippen LogP contribution in [-0.2, 0) is 22.7 Å². The quantitative estimate of drug-likeness (QED) is 0.789. The summed E-state index contributed by atoms with van der Waals surface area (Å²) in [6, 6.07) is 6.08. The molecule has 1 fully saturated rings. The molecule has 0 radical (unpaired) electrons. The van der Waals surface area contributed by atoms with Crippen LogP contribution in [0, 0.1) is 5.82 Å². The highest BCUT2D eigenvalue weighted by molar-refractivity contribution is 6.04. The fourth-order valence-electron chi connectivity index (χ4n) is 3.57. The van der Waals surface area contributed by atoms with Crippen molar-refractivity contribution < 1.29 is 14.0 Å². The standard InChI is InChI=1S/C20H24FN5O2/c1-2-26-14-15(12-22-26)13-24-7-9-25(10-8-24)20(27)19-11-18(23-28-19)16-3-5-17(21)6-4-16/h3-6,12,14,19H,2,7-11,13H2,1H3. The highest BCUT2D eigenvalue weighted by Crippen LogP contribution is 2.20. The zero-order valence-electron chi connectivity index (χ0n) is 15.9. The second-order valence-corrected chi connectivity index (χ2v) is 7.15. The van der Waals surface area contributed by atoms with Gasteiger partial charge in [-0.15, -0.1) is 0 Å². The van der Waals surface area contributed by atoms with E-state index >= 15 is 0 Å². The van der Waals surface area contributed by atoms with E-state index in [2.05, 4.69) is 28.3 Å². The lowest BCUT2D eigenvalue weighted by Crippen LogP contribution is -2.51. The van der Waals surface area contributed by atoms with Crippen LogP contribution >= 0.6 is 0 Å². The van der Waals surface area contributed by atoms with Gasteiger partial charge in [-0.05, 0) is 24.6 Å². The lowest BCUT2D eigenvalue weighted by molar-refractivity contribution is -0.143. The topological polar surface area (TPSA) is 63.0 Å². The Morgan fingerprint density at radius 3 is 2.64 bits per heavy atom. The molecule has 28 heavy (non-hydrogen) atoms. The number of carbonyl (C=O) groups is 1. The SMILES string of the molecule is CCn1cc(CN2CCN(C(=O)C3CC(c4ccc(F)cc4)=NO3)CC2)cn1. The van der Waals surface area contributed by atoms with Crippen molar-refractivity contribution in [3.63, 3.8) is 0 Å². The number of hydrogen-bond acceptors (Lipinski definition) is 5. The van der Waals surface area contributed by atoms with Crippen LogP contribution in [0.25, 0.3) is 0 Å².